The van der Waals surface area contributed by atoms with Gasteiger partial charge >= 0.3 is 0 Å². The fraction of sp³-hybridized carbons (Fsp3) is 0.222. The predicted octanol–water partition coefficient (Wildman–Crippen LogP) is 4.20. The summed E-state index contributed by atoms with van der Waals surface area (Å²) in [5.74, 6) is -0.0731. The van der Waals surface area contributed by atoms with E-state index >= 15 is 0 Å². The van der Waals surface area contributed by atoms with Gasteiger partial charge in [0.2, 0.25) is 0 Å². The summed E-state index contributed by atoms with van der Waals surface area (Å²) in [6, 6.07) is 13.1. The lowest BCUT2D eigenvalue weighted by Crippen LogP contribution is -2.40. The Kier molecular flexibility index (Phi) is 6.09. The van der Waals surface area contributed by atoms with Gasteiger partial charge in [-0.05, 0) is 37.5 Å². The normalized spacial score (nSPS) is 13.5. The van der Waals surface area contributed by atoms with Gasteiger partial charge in [-0.25, -0.2) is 14.5 Å². The molecule has 5 rings (SSSR count). The molecule has 0 saturated carbocycles. The van der Waals surface area contributed by atoms with Crippen LogP contribution in [0.15, 0.2) is 60.6 Å². The van der Waals surface area contributed by atoms with Crippen molar-refractivity contribution in [1.82, 2.24) is 24.6 Å². The molecule has 1 N–H and O–H groups in total. The number of aryl methyl sites for hydroxylation is 1. The average molecular weight is 481 g/mol. The Morgan fingerprint density at radius 2 is 1.86 bits per heavy atom. The number of amides is 1. The van der Waals surface area contributed by atoms with Crippen LogP contribution in [-0.4, -0.2) is 56.5 Å². The van der Waals surface area contributed by atoms with Gasteiger partial charge < -0.3 is 14.6 Å². The number of nitrogens with zero attached hydrogens (tertiary/aromatic N) is 5. The lowest BCUT2D eigenvalue weighted by Gasteiger charge is -2.28. The van der Waals surface area contributed by atoms with Crippen LogP contribution in [-0.2, 0) is 4.79 Å². The standard InChI is InChI=1S/C27H24N6O3/c1-17-30-16-33(31-17)21-9-10-22(36-3)23-20(15-29-25(21)23)26(34)27(35)32-13-11-19(12-14-32)24(28-2)18-7-5-4-6-8-18/h4-10,15-16,29H,11-14H2,1,3H3. The number of aromatic nitrogens is 4. The first-order chi connectivity index (χ1) is 17.5. The quantitative estimate of drug-likeness (QED) is 0.262. The van der Waals surface area contributed by atoms with Gasteiger partial charge in [0, 0.05) is 19.3 Å². The van der Waals surface area contributed by atoms with E-state index in [1.807, 2.05) is 36.4 Å². The van der Waals surface area contributed by atoms with E-state index in [4.69, 9.17) is 11.3 Å². The number of H-pyrrole nitrogens is 1. The summed E-state index contributed by atoms with van der Waals surface area (Å²) in [6.45, 7) is 10.2. The van der Waals surface area contributed by atoms with Gasteiger partial charge in [-0.3, -0.25) is 9.59 Å². The van der Waals surface area contributed by atoms with Crippen LogP contribution in [0.1, 0.15) is 34.6 Å². The highest BCUT2D eigenvalue weighted by molar-refractivity contribution is 6.45. The average Bonchev–Trinajstić information content (AvgIpc) is 3.56. The molecule has 3 heterocycles. The molecule has 2 aromatic carbocycles. The smallest absolute Gasteiger partial charge is 0.295 e. The summed E-state index contributed by atoms with van der Waals surface area (Å²) >= 11 is 0. The van der Waals surface area contributed by atoms with Crippen molar-refractivity contribution in [3.63, 3.8) is 0 Å². The number of rotatable bonds is 5. The first kappa shape index (κ1) is 23.1. The van der Waals surface area contributed by atoms with Gasteiger partial charge in [-0.2, -0.15) is 5.10 Å². The van der Waals surface area contributed by atoms with Gasteiger partial charge in [0.1, 0.15) is 17.9 Å². The first-order valence-corrected chi connectivity index (χ1v) is 11.6. The van der Waals surface area contributed by atoms with Crippen molar-refractivity contribution in [2.45, 2.75) is 19.8 Å². The molecule has 1 aliphatic heterocycles. The van der Waals surface area contributed by atoms with Crippen LogP contribution in [0.3, 0.4) is 0 Å². The number of nitrogens with one attached hydrogen (secondary N) is 1. The maximum Gasteiger partial charge on any atom is 0.295 e. The molecule has 2 aromatic heterocycles. The highest BCUT2D eigenvalue weighted by Gasteiger charge is 2.30. The van der Waals surface area contributed by atoms with E-state index in [9.17, 15) is 9.59 Å². The van der Waals surface area contributed by atoms with Gasteiger partial charge in [0.15, 0.2) is 5.70 Å². The Hall–Kier alpha value is -4.71. The summed E-state index contributed by atoms with van der Waals surface area (Å²) in [4.78, 5) is 39.2. The number of ketones is 1. The molecule has 4 aromatic rings. The molecule has 0 spiro atoms. The number of likely N-dealkylation sites (tertiary alicyclic amines) is 1. The second-order valence-corrected chi connectivity index (χ2v) is 8.53. The number of carbonyl (C=O) groups is 2. The highest BCUT2D eigenvalue weighted by Crippen LogP contribution is 2.34. The van der Waals surface area contributed by atoms with Crippen molar-refractivity contribution in [3.8, 4) is 11.4 Å². The molecule has 1 amide bonds. The lowest BCUT2D eigenvalue weighted by atomic mass is 9.97. The third-order valence-corrected chi connectivity index (χ3v) is 6.44. The van der Waals surface area contributed by atoms with E-state index < -0.39 is 11.7 Å². The number of fused-ring (bicyclic) bond motifs is 1. The van der Waals surface area contributed by atoms with Crippen molar-refractivity contribution in [2.24, 2.45) is 0 Å². The minimum absolute atomic E-state index is 0.248. The summed E-state index contributed by atoms with van der Waals surface area (Å²) in [5, 5.41) is 4.89. The summed E-state index contributed by atoms with van der Waals surface area (Å²) in [5.41, 5.74) is 4.09. The number of ether oxygens (including phenoxy) is 1. The molecular formula is C27H24N6O3. The monoisotopic (exact) mass is 480 g/mol. The molecule has 180 valence electrons. The fourth-order valence-corrected chi connectivity index (χ4v) is 4.62. The van der Waals surface area contributed by atoms with Crippen LogP contribution in [0.5, 0.6) is 5.75 Å². The van der Waals surface area contributed by atoms with Crippen LogP contribution in [0.25, 0.3) is 27.1 Å². The Morgan fingerprint density at radius 1 is 1.11 bits per heavy atom. The third kappa shape index (κ3) is 4.03. The summed E-state index contributed by atoms with van der Waals surface area (Å²) < 4.78 is 7.13. The Bertz CT molecular complexity index is 1530. The topological polar surface area (TPSA) is 97.5 Å². The van der Waals surface area contributed by atoms with E-state index in [1.165, 1.54) is 7.11 Å². The van der Waals surface area contributed by atoms with Crippen molar-refractivity contribution >= 4 is 28.3 Å². The molecule has 1 saturated heterocycles. The number of Topliss-reactive ketones (excluding diaryl/α,β-unsaturated/α-hetero) is 1. The third-order valence-electron chi connectivity index (χ3n) is 6.44. The Balaban J connectivity index is 1.41. The number of hydrogen-bond donors (Lipinski definition) is 1. The largest absolute Gasteiger partial charge is 0.496 e. The molecule has 9 nitrogen and oxygen atoms in total. The molecule has 0 bridgehead atoms. The number of aromatic amines is 1. The van der Waals surface area contributed by atoms with Crippen molar-refractivity contribution in [2.75, 3.05) is 20.2 Å². The van der Waals surface area contributed by atoms with Crippen LogP contribution < -0.4 is 4.74 Å². The minimum Gasteiger partial charge on any atom is -0.496 e. The van der Waals surface area contributed by atoms with Gasteiger partial charge in [0.05, 0.1) is 35.8 Å². The summed E-state index contributed by atoms with van der Waals surface area (Å²) in [6.07, 6.45) is 4.25. The van der Waals surface area contributed by atoms with Gasteiger partial charge in [0.25, 0.3) is 11.7 Å². The fourth-order valence-electron chi connectivity index (χ4n) is 4.62. The molecular weight excluding hydrogens is 456 g/mol. The zero-order valence-electron chi connectivity index (χ0n) is 20.0. The van der Waals surface area contributed by atoms with Crippen LogP contribution in [0.2, 0.25) is 0 Å². The van der Waals surface area contributed by atoms with Crippen molar-refractivity contribution < 1.29 is 14.3 Å². The molecule has 0 aliphatic carbocycles. The lowest BCUT2D eigenvalue weighted by molar-refractivity contribution is -0.126. The predicted molar refractivity (Wildman–Crippen MR) is 135 cm³/mol. The van der Waals surface area contributed by atoms with Crippen LogP contribution >= 0.6 is 0 Å². The number of carbonyl (C=O) groups excluding carboxylic acids is 2. The molecule has 1 aliphatic rings. The minimum atomic E-state index is -0.604. The van der Waals surface area contributed by atoms with Gasteiger partial charge in [-0.15, -0.1) is 0 Å². The van der Waals surface area contributed by atoms with Crippen molar-refractivity contribution in [3.05, 3.63) is 88.9 Å². The molecule has 1 fully saturated rings. The molecule has 9 heteroatoms. The zero-order chi connectivity index (χ0) is 25.2. The molecule has 0 radical (unpaired) electrons. The number of benzene rings is 2. The first-order valence-electron chi connectivity index (χ1n) is 11.6. The van der Waals surface area contributed by atoms with E-state index in [2.05, 4.69) is 19.9 Å². The Labute approximate surface area is 207 Å². The van der Waals surface area contributed by atoms with Crippen LogP contribution in [0.4, 0.5) is 0 Å². The second-order valence-electron chi connectivity index (χ2n) is 8.53. The van der Waals surface area contributed by atoms with Gasteiger partial charge in [-0.1, -0.05) is 35.9 Å². The molecule has 36 heavy (non-hydrogen) atoms. The van der Waals surface area contributed by atoms with Crippen LogP contribution in [0, 0.1) is 13.5 Å². The molecule has 0 atom stereocenters. The maximum atomic E-state index is 13.4. The highest BCUT2D eigenvalue weighted by atomic mass is 16.5. The van der Waals surface area contributed by atoms with E-state index in [0.29, 0.717) is 59.8 Å². The SMILES string of the molecule is [C-]#[N+]C(=C1CCN(C(=O)C(=O)c2c[nH]c3c(-n4cnc(C)n4)ccc(OC)c23)CC1)c1ccccc1. The van der Waals surface area contributed by atoms with E-state index in [-0.39, 0.29) is 5.56 Å². The molecule has 0 unspecified atom stereocenters. The zero-order valence-corrected chi connectivity index (χ0v) is 20.0. The maximum absolute atomic E-state index is 13.4. The number of methoxy groups -OCH3 is 1. The second kappa shape index (κ2) is 9.50. The number of piperidine rings is 1. The summed E-state index contributed by atoms with van der Waals surface area (Å²) in [7, 11) is 1.53. The number of hydrogen-bond acceptors (Lipinski definition) is 5. The van der Waals surface area contributed by atoms with E-state index in [1.54, 1.807) is 35.1 Å². The Morgan fingerprint density at radius 3 is 2.50 bits per heavy atom. The van der Waals surface area contributed by atoms with Crippen molar-refractivity contribution in [1.29, 1.82) is 0 Å². The van der Waals surface area contributed by atoms with E-state index in [0.717, 1.165) is 11.1 Å².